The van der Waals surface area contributed by atoms with E-state index in [0.717, 1.165) is 72.5 Å². The molecular weight excluding hydrogens is 757 g/mol. The van der Waals surface area contributed by atoms with E-state index >= 15 is 0 Å². The van der Waals surface area contributed by atoms with Gasteiger partial charge in [0.05, 0.1) is 22.1 Å². The Bertz CT molecular complexity index is 3550. The Balaban J connectivity index is 1.00. The van der Waals surface area contributed by atoms with E-state index < -0.39 is 0 Å². The molecule has 4 aromatic heterocycles. The van der Waals surface area contributed by atoms with Gasteiger partial charge in [-0.3, -0.25) is 4.57 Å². The molecule has 0 saturated heterocycles. The molecule has 6 heteroatoms. The lowest BCUT2D eigenvalue weighted by molar-refractivity contribution is 1.07. The normalized spacial score (nSPS) is 11.5. The van der Waals surface area contributed by atoms with Crippen LogP contribution >= 0.6 is 0 Å². The minimum atomic E-state index is 0.627. The van der Waals surface area contributed by atoms with E-state index in [-0.39, 0.29) is 0 Å². The van der Waals surface area contributed by atoms with Crippen LogP contribution in [0.5, 0.6) is 0 Å². The number of rotatable bonds is 7. The van der Waals surface area contributed by atoms with Crippen LogP contribution in [0.3, 0.4) is 0 Å². The third-order valence-corrected chi connectivity index (χ3v) is 11.8. The van der Waals surface area contributed by atoms with E-state index in [1.807, 2.05) is 72.9 Å². The lowest BCUT2D eigenvalue weighted by Crippen LogP contribution is -2.00. The van der Waals surface area contributed by atoms with Gasteiger partial charge < -0.3 is 4.57 Å². The lowest BCUT2D eigenvalue weighted by Gasteiger charge is -2.12. The second-order valence-corrected chi connectivity index (χ2v) is 15.5. The highest BCUT2D eigenvalue weighted by molar-refractivity contribution is 6.12. The highest BCUT2D eigenvalue weighted by Crippen LogP contribution is 2.39. The molecule has 0 fully saturated rings. The molecule has 4 heterocycles. The SMILES string of the molecule is c1ccc(-c2ccc(-n3c4ccccc4c4ccc(-n5c6ccccc6c6ccc(-c7cccc(-c8nc(-c9ccccc9)nc(-c9ccccc9)n8)c7)cc65)cc43)nc2)cc1. The van der Waals surface area contributed by atoms with Gasteiger partial charge in [-0.1, -0.05) is 164 Å². The number of para-hydroxylation sites is 2. The Morgan fingerprint density at radius 2 is 0.742 bits per heavy atom. The van der Waals surface area contributed by atoms with E-state index in [0.29, 0.717) is 17.5 Å². The summed E-state index contributed by atoms with van der Waals surface area (Å²) in [5, 5.41) is 4.77. The van der Waals surface area contributed by atoms with Crippen LogP contribution in [0.25, 0.3) is 112 Å². The fourth-order valence-corrected chi connectivity index (χ4v) is 8.87. The van der Waals surface area contributed by atoms with E-state index in [9.17, 15) is 0 Å². The molecule has 0 N–H and O–H groups in total. The van der Waals surface area contributed by atoms with Gasteiger partial charge in [-0.15, -0.1) is 0 Å². The van der Waals surface area contributed by atoms with Gasteiger partial charge in [0.15, 0.2) is 17.5 Å². The molecule has 0 unspecified atom stereocenters. The van der Waals surface area contributed by atoms with Gasteiger partial charge in [-0.05, 0) is 65.2 Å². The quantitative estimate of drug-likeness (QED) is 0.161. The number of aromatic nitrogens is 6. The van der Waals surface area contributed by atoms with Crippen LogP contribution in [-0.2, 0) is 0 Å². The lowest BCUT2D eigenvalue weighted by atomic mass is 10.0. The molecule has 0 aliphatic rings. The number of hydrogen-bond acceptors (Lipinski definition) is 4. The molecular formula is C56H36N6. The predicted octanol–water partition coefficient (Wildman–Crippen LogP) is 13.8. The Hall–Kier alpha value is -8.48. The summed E-state index contributed by atoms with van der Waals surface area (Å²) >= 11 is 0. The fourth-order valence-electron chi connectivity index (χ4n) is 8.87. The molecule has 0 radical (unpaired) electrons. The molecule has 0 atom stereocenters. The molecule has 12 rings (SSSR count). The predicted molar refractivity (Wildman–Crippen MR) is 253 cm³/mol. The van der Waals surface area contributed by atoms with E-state index in [2.05, 4.69) is 155 Å². The van der Waals surface area contributed by atoms with Crippen molar-refractivity contribution in [2.24, 2.45) is 0 Å². The molecule has 0 aliphatic heterocycles. The van der Waals surface area contributed by atoms with Crippen LogP contribution in [0.1, 0.15) is 0 Å². The maximum Gasteiger partial charge on any atom is 0.164 e. The number of pyridine rings is 1. The standard InChI is InChI=1S/C56H36N6/c1-4-15-37(16-5-1)43-28-32-53(57-36-43)62-50-26-13-11-24-46(50)48-31-29-44(35-52(48)62)61-49-25-12-10-23-45(49)47-30-27-41(34-51(47)61)40-21-14-22-42(33-40)56-59-54(38-17-6-2-7-18-38)58-55(60-56)39-19-8-3-9-20-39/h1-36H. The van der Waals surface area contributed by atoms with Crippen LogP contribution in [-0.4, -0.2) is 29.1 Å². The number of hydrogen-bond donors (Lipinski definition) is 0. The van der Waals surface area contributed by atoms with Gasteiger partial charge in [-0.25, -0.2) is 19.9 Å². The van der Waals surface area contributed by atoms with Crippen molar-refractivity contribution in [2.75, 3.05) is 0 Å². The molecule has 290 valence electrons. The van der Waals surface area contributed by atoms with Crippen LogP contribution in [0.4, 0.5) is 0 Å². The number of nitrogens with zero attached hydrogens (tertiary/aromatic N) is 6. The topological polar surface area (TPSA) is 61.4 Å². The van der Waals surface area contributed by atoms with Crippen LogP contribution in [0, 0.1) is 0 Å². The molecule has 62 heavy (non-hydrogen) atoms. The molecule has 0 aliphatic carbocycles. The van der Waals surface area contributed by atoms with E-state index in [4.69, 9.17) is 19.9 Å². The highest BCUT2D eigenvalue weighted by atomic mass is 15.1. The molecule has 12 aromatic rings. The van der Waals surface area contributed by atoms with Crippen molar-refractivity contribution >= 4 is 43.6 Å². The molecule has 0 spiro atoms. The van der Waals surface area contributed by atoms with Crippen LogP contribution < -0.4 is 0 Å². The molecule has 0 amide bonds. The van der Waals surface area contributed by atoms with Crippen molar-refractivity contribution < 1.29 is 0 Å². The Labute approximate surface area is 357 Å². The van der Waals surface area contributed by atoms with E-state index in [1.165, 1.54) is 21.5 Å². The summed E-state index contributed by atoms with van der Waals surface area (Å²) in [5.74, 6) is 2.79. The second-order valence-electron chi connectivity index (χ2n) is 15.5. The maximum absolute atomic E-state index is 5.05. The van der Waals surface area contributed by atoms with Crippen LogP contribution in [0.15, 0.2) is 219 Å². The summed E-state index contributed by atoms with van der Waals surface area (Å²) in [6.07, 6.45) is 1.98. The minimum Gasteiger partial charge on any atom is -0.309 e. The molecule has 8 aromatic carbocycles. The molecule has 0 bridgehead atoms. The van der Waals surface area contributed by atoms with Gasteiger partial charge in [0.2, 0.25) is 0 Å². The second kappa shape index (κ2) is 14.7. The summed E-state index contributed by atoms with van der Waals surface area (Å²) in [7, 11) is 0. The average molecular weight is 793 g/mol. The van der Waals surface area contributed by atoms with Crippen molar-refractivity contribution in [3.63, 3.8) is 0 Å². The largest absolute Gasteiger partial charge is 0.309 e. The van der Waals surface area contributed by atoms with Crippen molar-refractivity contribution in [3.05, 3.63) is 219 Å². The summed E-state index contributed by atoms with van der Waals surface area (Å²) in [4.78, 5) is 20.0. The first-order valence-electron chi connectivity index (χ1n) is 20.8. The Morgan fingerprint density at radius 1 is 0.274 bits per heavy atom. The number of fused-ring (bicyclic) bond motifs is 6. The van der Waals surface area contributed by atoms with Crippen LogP contribution in [0.2, 0.25) is 0 Å². The first kappa shape index (κ1) is 35.5. The van der Waals surface area contributed by atoms with Gasteiger partial charge in [0, 0.05) is 55.7 Å². The molecule has 0 saturated carbocycles. The van der Waals surface area contributed by atoms with Gasteiger partial charge >= 0.3 is 0 Å². The van der Waals surface area contributed by atoms with Gasteiger partial charge in [0.25, 0.3) is 0 Å². The van der Waals surface area contributed by atoms with Crippen molar-refractivity contribution in [3.8, 4) is 67.9 Å². The van der Waals surface area contributed by atoms with Crippen molar-refractivity contribution in [2.45, 2.75) is 0 Å². The average Bonchev–Trinajstić information content (AvgIpc) is 3.87. The monoisotopic (exact) mass is 792 g/mol. The maximum atomic E-state index is 5.05. The zero-order valence-corrected chi connectivity index (χ0v) is 33.5. The summed E-state index contributed by atoms with van der Waals surface area (Å²) in [6, 6.07) is 74.3. The van der Waals surface area contributed by atoms with Gasteiger partial charge in [-0.2, -0.15) is 0 Å². The Morgan fingerprint density at radius 3 is 1.37 bits per heavy atom. The molecule has 6 nitrogen and oxygen atoms in total. The first-order chi connectivity index (χ1) is 30.7. The van der Waals surface area contributed by atoms with Crippen molar-refractivity contribution in [1.29, 1.82) is 0 Å². The Kier molecular flexibility index (Phi) is 8.38. The smallest absolute Gasteiger partial charge is 0.164 e. The van der Waals surface area contributed by atoms with Gasteiger partial charge in [0.1, 0.15) is 5.82 Å². The summed E-state index contributed by atoms with van der Waals surface area (Å²) < 4.78 is 4.69. The fraction of sp³-hybridized carbons (Fsp3) is 0. The number of benzene rings is 8. The third-order valence-electron chi connectivity index (χ3n) is 11.8. The highest BCUT2D eigenvalue weighted by Gasteiger charge is 2.19. The van der Waals surface area contributed by atoms with E-state index in [1.54, 1.807) is 0 Å². The minimum absolute atomic E-state index is 0.627. The third kappa shape index (κ3) is 6.04. The van der Waals surface area contributed by atoms with Crippen molar-refractivity contribution in [1.82, 2.24) is 29.1 Å². The zero-order chi connectivity index (χ0) is 41.0. The zero-order valence-electron chi connectivity index (χ0n) is 33.5. The summed E-state index contributed by atoms with van der Waals surface area (Å²) in [6.45, 7) is 0. The first-order valence-corrected chi connectivity index (χ1v) is 20.8. The summed E-state index contributed by atoms with van der Waals surface area (Å²) in [5.41, 5.74) is 12.8.